The van der Waals surface area contributed by atoms with Crippen LogP contribution in [0, 0.1) is 12.7 Å². The second-order valence-corrected chi connectivity index (χ2v) is 5.35. The molecule has 0 aromatic carbocycles. The molecule has 0 radical (unpaired) electrons. The van der Waals surface area contributed by atoms with E-state index < -0.39 is 5.82 Å². The molecule has 0 amide bonds. The maximum absolute atomic E-state index is 12.9. The van der Waals surface area contributed by atoms with Crippen LogP contribution in [-0.2, 0) is 15.9 Å². The van der Waals surface area contributed by atoms with Crippen molar-refractivity contribution in [1.82, 2.24) is 9.97 Å². The van der Waals surface area contributed by atoms with Gasteiger partial charge in [-0.05, 0) is 19.1 Å². The third kappa shape index (κ3) is 6.56. The molecule has 0 unspecified atom stereocenters. The molecular weight excluding hydrogens is 327 g/mol. The molecule has 2 heterocycles. The minimum absolute atomic E-state index is 0.0519. The van der Waals surface area contributed by atoms with Gasteiger partial charge in [-0.2, -0.15) is 0 Å². The number of rotatable bonds is 10. The molecule has 7 heteroatoms. The fourth-order valence-corrected chi connectivity index (χ4v) is 2.09. The van der Waals surface area contributed by atoms with Gasteiger partial charge >= 0.3 is 0 Å². The number of hydrogen-bond acceptors (Lipinski definition) is 6. The number of ketones is 1. The normalized spacial score (nSPS) is 10.7. The Bertz CT molecular complexity index is 692. The molecule has 25 heavy (non-hydrogen) atoms. The number of aryl methyl sites for hydroxylation is 1. The van der Waals surface area contributed by atoms with Crippen LogP contribution in [0.2, 0.25) is 0 Å². The van der Waals surface area contributed by atoms with Crippen LogP contribution in [-0.4, -0.2) is 49.3 Å². The Balaban J connectivity index is 1.93. The lowest BCUT2D eigenvalue weighted by molar-refractivity contribution is 0.0544. The van der Waals surface area contributed by atoms with E-state index in [0.29, 0.717) is 49.3 Å². The number of methoxy groups -OCH3 is 1. The summed E-state index contributed by atoms with van der Waals surface area (Å²) in [5.41, 5.74) is 1.46. The van der Waals surface area contributed by atoms with E-state index >= 15 is 0 Å². The summed E-state index contributed by atoms with van der Waals surface area (Å²) < 4.78 is 28.7. The van der Waals surface area contributed by atoms with Crippen LogP contribution < -0.4 is 4.74 Å². The number of carbonyl (C=O) groups excluding carboxylic acids is 1. The SMILES string of the molecule is COCCOCCOc1cc(C)nc(C(=O)Cc2ccc(F)cn2)c1. The fraction of sp³-hybridized carbons (Fsp3) is 0.389. The van der Waals surface area contributed by atoms with Crippen molar-refractivity contribution < 1.29 is 23.4 Å². The summed E-state index contributed by atoms with van der Waals surface area (Å²) in [5, 5.41) is 0. The molecule has 2 aromatic rings. The summed E-state index contributed by atoms with van der Waals surface area (Å²) in [4.78, 5) is 20.5. The Morgan fingerprint density at radius 1 is 1.16 bits per heavy atom. The maximum atomic E-state index is 12.9. The minimum atomic E-state index is -0.437. The second-order valence-electron chi connectivity index (χ2n) is 5.35. The van der Waals surface area contributed by atoms with Crippen molar-refractivity contribution in [3.63, 3.8) is 0 Å². The zero-order valence-corrected chi connectivity index (χ0v) is 14.3. The van der Waals surface area contributed by atoms with E-state index in [4.69, 9.17) is 14.2 Å². The van der Waals surface area contributed by atoms with Crippen LogP contribution in [0.5, 0.6) is 5.75 Å². The molecule has 0 N–H and O–H groups in total. The van der Waals surface area contributed by atoms with Crippen LogP contribution in [0.15, 0.2) is 30.5 Å². The Morgan fingerprint density at radius 2 is 1.96 bits per heavy atom. The Labute approximate surface area is 146 Å². The molecule has 0 atom stereocenters. The van der Waals surface area contributed by atoms with E-state index in [2.05, 4.69) is 9.97 Å². The number of pyridine rings is 2. The molecule has 0 spiro atoms. The number of nitrogens with zero attached hydrogens (tertiary/aromatic N) is 2. The number of ether oxygens (including phenoxy) is 3. The van der Waals surface area contributed by atoms with Gasteiger partial charge in [0, 0.05) is 30.6 Å². The van der Waals surface area contributed by atoms with Gasteiger partial charge in [-0.1, -0.05) is 0 Å². The highest BCUT2D eigenvalue weighted by molar-refractivity contribution is 5.95. The predicted molar refractivity (Wildman–Crippen MR) is 89.4 cm³/mol. The Hall–Kier alpha value is -2.38. The largest absolute Gasteiger partial charge is 0.491 e. The number of halogens is 1. The van der Waals surface area contributed by atoms with E-state index in [1.807, 2.05) is 0 Å². The minimum Gasteiger partial charge on any atom is -0.491 e. The second kappa shape index (κ2) is 9.80. The lowest BCUT2D eigenvalue weighted by atomic mass is 10.1. The van der Waals surface area contributed by atoms with E-state index in [9.17, 15) is 9.18 Å². The molecule has 0 bridgehead atoms. The van der Waals surface area contributed by atoms with Gasteiger partial charge < -0.3 is 14.2 Å². The van der Waals surface area contributed by atoms with Gasteiger partial charge in [-0.15, -0.1) is 0 Å². The van der Waals surface area contributed by atoms with Gasteiger partial charge in [0.15, 0.2) is 5.78 Å². The van der Waals surface area contributed by atoms with E-state index in [1.54, 1.807) is 26.2 Å². The van der Waals surface area contributed by atoms with Crippen molar-refractivity contribution >= 4 is 5.78 Å². The van der Waals surface area contributed by atoms with Gasteiger partial charge in [0.1, 0.15) is 23.9 Å². The van der Waals surface area contributed by atoms with E-state index in [0.717, 1.165) is 6.20 Å². The molecule has 0 aliphatic heterocycles. The number of hydrogen-bond donors (Lipinski definition) is 0. The van der Waals surface area contributed by atoms with Crippen LogP contribution in [0.25, 0.3) is 0 Å². The zero-order chi connectivity index (χ0) is 18.1. The van der Waals surface area contributed by atoms with Crippen LogP contribution in [0.4, 0.5) is 4.39 Å². The molecule has 0 aliphatic rings. The highest BCUT2D eigenvalue weighted by atomic mass is 19.1. The summed E-state index contributed by atoms with van der Waals surface area (Å²) in [6.45, 7) is 3.61. The lowest BCUT2D eigenvalue weighted by Crippen LogP contribution is -2.12. The monoisotopic (exact) mass is 348 g/mol. The third-order valence-corrected chi connectivity index (χ3v) is 3.27. The van der Waals surface area contributed by atoms with Gasteiger partial charge in [-0.25, -0.2) is 9.37 Å². The van der Waals surface area contributed by atoms with Gasteiger partial charge in [0.2, 0.25) is 0 Å². The lowest BCUT2D eigenvalue weighted by Gasteiger charge is -2.09. The molecule has 134 valence electrons. The first-order chi connectivity index (χ1) is 12.1. The van der Waals surface area contributed by atoms with Crippen molar-refractivity contribution in [2.75, 3.05) is 33.5 Å². The summed E-state index contributed by atoms with van der Waals surface area (Å²) in [5.74, 6) is -0.0875. The summed E-state index contributed by atoms with van der Waals surface area (Å²) in [6, 6.07) is 6.10. The smallest absolute Gasteiger partial charge is 0.187 e. The first-order valence-electron chi connectivity index (χ1n) is 7.90. The number of carbonyl (C=O) groups is 1. The summed E-state index contributed by atoms with van der Waals surface area (Å²) in [7, 11) is 1.61. The van der Waals surface area contributed by atoms with Gasteiger partial charge in [0.05, 0.1) is 32.4 Å². The molecule has 0 aliphatic carbocycles. The van der Waals surface area contributed by atoms with E-state index in [-0.39, 0.29) is 12.2 Å². The van der Waals surface area contributed by atoms with Gasteiger partial charge in [0.25, 0.3) is 0 Å². The molecule has 0 fully saturated rings. The molecule has 0 saturated heterocycles. The number of aromatic nitrogens is 2. The number of Topliss-reactive ketones (excluding diaryl/α,β-unsaturated/α-hetero) is 1. The third-order valence-electron chi connectivity index (χ3n) is 3.27. The molecule has 2 rings (SSSR count). The summed E-state index contributed by atoms with van der Waals surface area (Å²) >= 11 is 0. The molecule has 2 aromatic heterocycles. The first kappa shape index (κ1) is 19.0. The van der Waals surface area contributed by atoms with Crippen molar-refractivity contribution in [2.45, 2.75) is 13.3 Å². The average molecular weight is 348 g/mol. The predicted octanol–water partition coefficient (Wildman–Crippen LogP) is 2.39. The van der Waals surface area contributed by atoms with Crippen molar-refractivity contribution in [2.24, 2.45) is 0 Å². The van der Waals surface area contributed by atoms with E-state index in [1.165, 1.54) is 12.1 Å². The topological polar surface area (TPSA) is 70.5 Å². The van der Waals surface area contributed by atoms with Crippen molar-refractivity contribution in [1.29, 1.82) is 0 Å². The molecule has 6 nitrogen and oxygen atoms in total. The zero-order valence-electron chi connectivity index (χ0n) is 14.3. The van der Waals surface area contributed by atoms with Gasteiger partial charge in [-0.3, -0.25) is 9.78 Å². The molecule has 0 saturated carbocycles. The Kier molecular flexibility index (Phi) is 7.43. The van der Waals surface area contributed by atoms with Crippen LogP contribution in [0.1, 0.15) is 21.9 Å². The highest BCUT2D eigenvalue weighted by Crippen LogP contribution is 2.15. The fourth-order valence-electron chi connectivity index (χ4n) is 2.09. The first-order valence-corrected chi connectivity index (χ1v) is 7.90. The average Bonchev–Trinajstić information content (AvgIpc) is 2.59. The standard InChI is InChI=1S/C18H21FN2O4/c1-13-9-16(25-8-7-24-6-5-23-2)11-17(21-13)18(22)10-15-4-3-14(19)12-20-15/h3-4,9,11-12H,5-8,10H2,1-2H3. The Morgan fingerprint density at radius 3 is 2.68 bits per heavy atom. The molecular formula is C18H21FN2O4. The maximum Gasteiger partial charge on any atom is 0.187 e. The highest BCUT2D eigenvalue weighted by Gasteiger charge is 2.12. The van der Waals surface area contributed by atoms with Crippen LogP contribution >= 0.6 is 0 Å². The van der Waals surface area contributed by atoms with Crippen LogP contribution in [0.3, 0.4) is 0 Å². The summed E-state index contributed by atoms with van der Waals surface area (Å²) in [6.07, 6.45) is 1.14. The quantitative estimate of drug-likeness (QED) is 0.485. The van der Waals surface area contributed by atoms with Crippen molar-refractivity contribution in [3.05, 3.63) is 53.4 Å². The van der Waals surface area contributed by atoms with Crippen molar-refractivity contribution in [3.8, 4) is 5.75 Å².